The quantitative estimate of drug-likeness (QED) is 0.700. The third-order valence-corrected chi connectivity index (χ3v) is 5.28. The molecule has 1 saturated carbocycles. The first-order valence-electron chi connectivity index (χ1n) is 8.68. The number of aromatic nitrogens is 1. The van der Waals surface area contributed by atoms with E-state index in [0.29, 0.717) is 11.3 Å². The molecule has 0 radical (unpaired) electrons. The van der Waals surface area contributed by atoms with E-state index in [9.17, 15) is 9.18 Å². The lowest BCUT2D eigenvalue weighted by molar-refractivity contribution is 0.0716. The Bertz CT molecular complexity index is 747. The van der Waals surface area contributed by atoms with Gasteiger partial charge < -0.3 is 9.42 Å². The summed E-state index contributed by atoms with van der Waals surface area (Å²) in [7, 11) is 1.80. The third-order valence-electron chi connectivity index (χ3n) is 4.97. The van der Waals surface area contributed by atoms with Crippen LogP contribution in [0.4, 0.5) is 4.39 Å². The minimum atomic E-state index is -0.521. The molecule has 1 aromatic carbocycles. The van der Waals surface area contributed by atoms with Crippen LogP contribution < -0.4 is 0 Å². The van der Waals surface area contributed by atoms with Crippen LogP contribution in [0.1, 0.15) is 54.6 Å². The first-order chi connectivity index (χ1) is 12.0. The van der Waals surface area contributed by atoms with Crippen LogP contribution in [0.25, 0.3) is 11.3 Å². The number of benzene rings is 1. The van der Waals surface area contributed by atoms with Gasteiger partial charge in [-0.2, -0.15) is 0 Å². The first kappa shape index (κ1) is 17.9. The fraction of sp³-hybridized carbons (Fsp3) is 0.474. The molecule has 2 aromatic rings. The van der Waals surface area contributed by atoms with E-state index in [1.807, 2.05) is 0 Å². The van der Waals surface area contributed by atoms with E-state index >= 15 is 0 Å². The predicted molar refractivity (Wildman–Crippen MR) is 95.2 cm³/mol. The molecule has 0 unspecified atom stereocenters. The summed E-state index contributed by atoms with van der Waals surface area (Å²) in [6, 6.07) is 4.59. The lowest BCUT2D eigenvalue weighted by Crippen LogP contribution is -2.37. The second-order valence-corrected chi connectivity index (χ2v) is 7.03. The van der Waals surface area contributed by atoms with E-state index in [2.05, 4.69) is 5.16 Å². The molecule has 0 aliphatic heterocycles. The van der Waals surface area contributed by atoms with Crippen LogP contribution >= 0.6 is 11.6 Å². The summed E-state index contributed by atoms with van der Waals surface area (Å²) in [5, 5.41) is 4.14. The zero-order valence-electron chi connectivity index (χ0n) is 14.5. The van der Waals surface area contributed by atoms with Crippen LogP contribution in [0.5, 0.6) is 0 Å². The maximum absolute atomic E-state index is 14.3. The number of hydrogen-bond donors (Lipinski definition) is 0. The van der Waals surface area contributed by atoms with Crippen LogP contribution in [0.2, 0.25) is 5.02 Å². The standard InChI is InChI=1S/C19H22ClFN2O2/c1-12-16(19(24)23(2)13-8-5-3-4-6-9-13)18(22-25-12)17-14(20)10-7-11-15(17)21/h7,10-11,13H,3-6,8-9H2,1-2H3. The highest BCUT2D eigenvalue weighted by Gasteiger charge is 2.30. The predicted octanol–water partition coefficient (Wildman–Crippen LogP) is 5.24. The molecule has 3 rings (SSSR count). The second kappa shape index (κ2) is 7.56. The van der Waals surface area contributed by atoms with Gasteiger partial charge in [-0.3, -0.25) is 4.79 Å². The summed E-state index contributed by atoms with van der Waals surface area (Å²) >= 11 is 6.15. The lowest BCUT2D eigenvalue weighted by Gasteiger charge is -2.27. The molecular weight excluding hydrogens is 343 g/mol. The van der Waals surface area contributed by atoms with Gasteiger partial charge in [0.2, 0.25) is 0 Å². The molecule has 1 aliphatic rings. The highest BCUT2D eigenvalue weighted by atomic mass is 35.5. The Balaban J connectivity index is 1.97. The summed E-state index contributed by atoms with van der Waals surface area (Å²) in [5.41, 5.74) is 0.573. The van der Waals surface area contributed by atoms with Crippen molar-refractivity contribution in [3.05, 3.63) is 40.4 Å². The molecule has 6 heteroatoms. The molecule has 1 amide bonds. The van der Waals surface area contributed by atoms with Gasteiger partial charge in [-0.25, -0.2) is 4.39 Å². The number of aryl methyl sites for hydroxylation is 1. The molecular formula is C19H22ClFN2O2. The Morgan fingerprint density at radius 2 is 1.96 bits per heavy atom. The average molecular weight is 365 g/mol. The van der Waals surface area contributed by atoms with Crippen LogP contribution in [0.3, 0.4) is 0 Å². The van der Waals surface area contributed by atoms with E-state index in [1.54, 1.807) is 24.9 Å². The van der Waals surface area contributed by atoms with Crippen molar-refractivity contribution in [2.24, 2.45) is 0 Å². The largest absolute Gasteiger partial charge is 0.360 e. The normalized spacial score (nSPS) is 15.8. The fourth-order valence-electron chi connectivity index (χ4n) is 3.51. The molecule has 4 nitrogen and oxygen atoms in total. The number of halogens is 2. The van der Waals surface area contributed by atoms with E-state index < -0.39 is 5.82 Å². The summed E-state index contributed by atoms with van der Waals surface area (Å²) in [4.78, 5) is 14.9. The van der Waals surface area contributed by atoms with Gasteiger partial charge in [0.25, 0.3) is 5.91 Å². The molecule has 0 spiro atoms. The second-order valence-electron chi connectivity index (χ2n) is 6.62. The van der Waals surface area contributed by atoms with Crippen molar-refractivity contribution in [2.75, 3.05) is 7.05 Å². The van der Waals surface area contributed by atoms with Crippen LogP contribution in [-0.2, 0) is 0 Å². The molecule has 0 N–H and O–H groups in total. The zero-order valence-corrected chi connectivity index (χ0v) is 15.3. The number of carbonyl (C=O) groups is 1. The Morgan fingerprint density at radius 3 is 2.60 bits per heavy atom. The minimum Gasteiger partial charge on any atom is -0.360 e. The molecule has 134 valence electrons. The monoisotopic (exact) mass is 364 g/mol. The summed E-state index contributed by atoms with van der Waals surface area (Å²) in [6.45, 7) is 1.67. The third kappa shape index (κ3) is 3.56. The average Bonchev–Trinajstić information content (AvgIpc) is 2.80. The Labute approximate surface area is 151 Å². The van der Waals surface area contributed by atoms with E-state index in [1.165, 1.54) is 25.0 Å². The minimum absolute atomic E-state index is 0.110. The Morgan fingerprint density at radius 1 is 1.28 bits per heavy atom. The van der Waals surface area contributed by atoms with Gasteiger partial charge in [0, 0.05) is 13.1 Å². The van der Waals surface area contributed by atoms with Crippen LogP contribution in [-0.4, -0.2) is 29.1 Å². The van der Waals surface area contributed by atoms with Gasteiger partial charge in [0.1, 0.15) is 22.8 Å². The molecule has 1 aliphatic carbocycles. The number of nitrogens with zero attached hydrogens (tertiary/aromatic N) is 2. The van der Waals surface area contributed by atoms with Crippen molar-refractivity contribution in [1.82, 2.24) is 10.1 Å². The highest BCUT2D eigenvalue weighted by molar-refractivity contribution is 6.33. The number of rotatable bonds is 3. The van der Waals surface area contributed by atoms with Crippen molar-refractivity contribution in [3.8, 4) is 11.3 Å². The molecule has 1 aromatic heterocycles. The molecule has 1 fully saturated rings. The Hall–Kier alpha value is -1.88. The van der Waals surface area contributed by atoms with Gasteiger partial charge in [0.05, 0.1) is 10.6 Å². The lowest BCUT2D eigenvalue weighted by atomic mass is 10.0. The fourth-order valence-corrected chi connectivity index (χ4v) is 3.76. The first-order valence-corrected chi connectivity index (χ1v) is 9.06. The molecule has 0 atom stereocenters. The maximum Gasteiger partial charge on any atom is 0.259 e. The highest BCUT2D eigenvalue weighted by Crippen LogP contribution is 2.34. The van der Waals surface area contributed by atoms with Crippen molar-refractivity contribution < 1.29 is 13.7 Å². The van der Waals surface area contributed by atoms with Crippen molar-refractivity contribution in [1.29, 1.82) is 0 Å². The van der Waals surface area contributed by atoms with Crippen molar-refractivity contribution in [2.45, 2.75) is 51.5 Å². The van der Waals surface area contributed by atoms with E-state index in [-0.39, 0.29) is 28.2 Å². The van der Waals surface area contributed by atoms with Crippen molar-refractivity contribution >= 4 is 17.5 Å². The van der Waals surface area contributed by atoms with Gasteiger partial charge >= 0.3 is 0 Å². The number of hydrogen-bond acceptors (Lipinski definition) is 3. The van der Waals surface area contributed by atoms with Gasteiger partial charge in [-0.1, -0.05) is 48.5 Å². The molecule has 25 heavy (non-hydrogen) atoms. The topological polar surface area (TPSA) is 46.3 Å². The zero-order chi connectivity index (χ0) is 18.0. The number of carbonyl (C=O) groups excluding carboxylic acids is 1. The summed E-state index contributed by atoms with van der Waals surface area (Å²) in [5.74, 6) is -0.341. The van der Waals surface area contributed by atoms with E-state index in [4.69, 9.17) is 16.1 Å². The van der Waals surface area contributed by atoms with E-state index in [0.717, 1.165) is 25.7 Å². The summed E-state index contributed by atoms with van der Waals surface area (Å²) < 4.78 is 19.5. The van der Waals surface area contributed by atoms with Gasteiger partial charge in [-0.05, 0) is 31.9 Å². The van der Waals surface area contributed by atoms with Gasteiger partial charge in [-0.15, -0.1) is 0 Å². The molecule has 0 bridgehead atoms. The van der Waals surface area contributed by atoms with Crippen LogP contribution in [0.15, 0.2) is 22.7 Å². The molecule has 1 heterocycles. The van der Waals surface area contributed by atoms with Gasteiger partial charge in [0.15, 0.2) is 0 Å². The number of amides is 1. The SMILES string of the molecule is Cc1onc(-c2c(F)cccc2Cl)c1C(=O)N(C)C1CCCCCC1. The Kier molecular flexibility index (Phi) is 5.42. The van der Waals surface area contributed by atoms with Crippen molar-refractivity contribution in [3.63, 3.8) is 0 Å². The summed E-state index contributed by atoms with van der Waals surface area (Å²) in [6.07, 6.45) is 6.64. The maximum atomic E-state index is 14.3. The smallest absolute Gasteiger partial charge is 0.259 e. The molecule has 0 saturated heterocycles. The van der Waals surface area contributed by atoms with Crippen LogP contribution in [0, 0.1) is 12.7 Å².